The number of carboxylic acids is 1. The normalized spacial score (nSPS) is 18.5. The van der Waals surface area contributed by atoms with Crippen molar-refractivity contribution in [2.75, 3.05) is 26.2 Å². The van der Waals surface area contributed by atoms with Gasteiger partial charge in [0.1, 0.15) is 6.04 Å². The number of aliphatic carboxylic acids is 1. The average Bonchev–Trinajstić information content (AvgIpc) is 2.15. The van der Waals surface area contributed by atoms with E-state index in [0.29, 0.717) is 0 Å². The van der Waals surface area contributed by atoms with Crippen molar-refractivity contribution in [3.63, 3.8) is 0 Å². The molecule has 2 N–H and O–H groups in total. The van der Waals surface area contributed by atoms with Gasteiger partial charge in [-0.3, -0.25) is 9.69 Å². The van der Waals surface area contributed by atoms with Crippen molar-refractivity contribution in [1.29, 1.82) is 0 Å². The van der Waals surface area contributed by atoms with Gasteiger partial charge in [-0.25, -0.2) is 0 Å². The summed E-state index contributed by atoms with van der Waals surface area (Å²) in [4.78, 5) is 13.0. The van der Waals surface area contributed by atoms with Crippen LogP contribution in [0.5, 0.6) is 0 Å². The van der Waals surface area contributed by atoms with Gasteiger partial charge in [-0.1, -0.05) is 13.3 Å². The van der Waals surface area contributed by atoms with E-state index >= 15 is 0 Å². The molecule has 6 heteroatoms. The van der Waals surface area contributed by atoms with E-state index in [1.165, 1.54) is 0 Å². The number of rotatable bonds is 4. The molecule has 1 atom stereocenters. The van der Waals surface area contributed by atoms with Crippen LogP contribution >= 0.6 is 24.8 Å². The molecule has 15 heavy (non-hydrogen) atoms. The summed E-state index contributed by atoms with van der Waals surface area (Å²) in [6.07, 6.45) is 1.69. The Kier molecular flexibility index (Phi) is 10.7. The highest BCUT2D eigenvalue weighted by Crippen LogP contribution is 2.08. The summed E-state index contributed by atoms with van der Waals surface area (Å²) < 4.78 is 0. The van der Waals surface area contributed by atoms with Gasteiger partial charge in [-0.2, -0.15) is 0 Å². The first-order valence-corrected chi connectivity index (χ1v) is 4.93. The molecule has 0 spiro atoms. The summed E-state index contributed by atoms with van der Waals surface area (Å²) in [6, 6.07) is -0.271. The maximum absolute atomic E-state index is 10.9. The lowest BCUT2D eigenvalue weighted by Crippen LogP contribution is -2.51. The van der Waals surface area contributed by atoms with Crippen LogP contribution in [-0.4, -0.2) is 48.2 Å². The van der Waals surface area contributed by atoms with Crippen LogP contribution in [0.15, 0.2) is 0 Å². The van der Waals surface area contributed by atoms with Crippen molar-refractivity contribution >= 4 is 30.8 Å². The molecule has 1 unspecified atom stereocenters. The third kappa shape index (κ3) is 5.56. The molecule has 0 bridgehead atoms. The maximum atomic E-state index is 10.9. The minimum atomic E-state index is -0.677. The minimum absolute atomic E-state index is 0. The number of carbonyl (C=O) groups is 1. The Bertz CT molecular complexity index is 175. The highest BCUT2D eigenvalue weighted by Gasteiger charge is 2.25. The second-order valence-electron chi connectivity index (χ2n) is 3.43. The van der Waals surface area contributed by atoms with E-state index in [9.17, 15) is 4.79 Å². The zero-order valence-electron chi connectivity index (χ0n) is 8.94. The third-order valence-corrected chi connectivity index (χ3v) is 2.44. The van der Waals surface area contributed by atoms with Gasteiger partial charge in [0.2, 0.25) is 0 Å². The van der Waals surface area contributed by atoms with Gasteiger partial charge in [0.05, 0.1) is 0 Å². The van der Waals surface area contributed by atoms with Crippen LogP contribution in [0.4, 0.5) is 0 Å². The number of carboxylic acid groups (broad SMARTS) is 1. The molecule has 92 valence electrons. The molecule has 0 aromatic rings. The Morgan fingerprint density at radius 1 is 1.40 bits per heavy atom. The molecule has 4 nitrogen and oxygen atoms in total. The summed E-state index contributed by atoms with van der Waals surface area (Å²) >= 11 is 0. The molecule has 1 heterocycles. The highest BCUT2D eigenvalue weighted by molar-refractivity contribution is 5.85. The number of halogens is 2. The van der Waals surface area contributed by atoms with Crippen LogP contribution in [0, 0.1) is 0 Å². The molecule has 0 saturated carbocycles. The number of nitrogens with zero attached hydrogens (tertiary/aromatic N) is 1. The Morgan fingerprint density at radius 3 is 2.33 bits per heavy atom. The summed E-state index contributed by atoms with van der Waals surface area (Å²) in [5, 5.41) is 12.2. The lowest BCUT2D eigenvalue weighted by molar-refractivity contribution is -0.143. The smallest absolute Gasteiger partial charge is 0.320 e. The Labute approximate surface area is 103 Å². The first kappa shape index (κ1) is 17.4. The standard InChI is InChI=1S/C9H18N2O2.2ClH/c1-2-3-8(9(12)13)11-6-4-10-5-7-11;;/h8,10H,2-7H2,1H3,(H,12,13);2*1H. The fourth-order valence-corrected chi connectivity index (χ4v) is 1.73. The van der Waals surface area contributed by atoms with Crippen molar-refractivity contribution < 1.29 is 9.90 Å². The van der Waals surface area contributed by atoms with Crippen molar-refractivity contribution in [3.05, 3.63) is 0 Å². The highest BCUT2D eigenvalue weighted by atomic mass is 35.5. The van der Waals surface area contributed by atoms with Crippen molar-refractivity contribution in [1.82, 2.24) is 10.2 Å². The fourth-order valence-electron chi connectivity index (χ4n) is 1.73. The predicted molar refractivity (Wildman–Crippen MR) is 65.3 cm³/mol. The summed E-state index contributed by atoms with van der Waals surface area (Å²) in [7, 11) is 0. The maximum Gasteiger partial charge on any atom is 0.320 e. The lowest BCUT2D eigenvalue weighted by Gasteiger charge is -2.32. The molecular formula is C9H20Cl2N2O2. The van der Waals surface area contributed by atoms with Gasteiger partial charge in [0, 0.05) is 26.2 Å². The largest absolute Gasteiger partial charge is 0.480 e. The summed E-state index contributed by atoms with van der Waals surface area (Å²) in [5.41, 5.74) is 0. The van der Waals surface area contributed by atoms with Crippen molar-refractivity contribution in [2.24, 2.45) is 0 Å². The second kappa shape index (κ2) is 9.21. The van der Waals surface area contributed by atoms with E-state index in [1.807, 2.05) is 6.92 Å². The number of hydrogen-bond acceptors (Lipinski definition) is 3. The molecule has 1 saturated heterocycles. The molecule has 1 aliphatic heterocycles. The third-order valence-electron chi connectivity index (χ3n) is 2.44. The molecular weight excluding hydrogens is 239 g/mol. The molecule has 0 amide bonds. The van der Waals surface area contributed by atoms with Crippen LogP contribution in [0.3, 0.4) is 0 Å². The topological polar surface area (TPSA) is 52.6 Å². The summed E-state index contributed by atoms with van der Waals surface area (Å²) in [5.74, 6) is -0.677. The van der Waals surface area contributed by atoms with Gasteiger partial charge in [-0.05, 0) is 6.42 Å². The zero-order chi connectivity index (χ0) is 9.68. The van der Waals surface area contributed by atoms with Crippen LogP contribution in [0.2, 0.25) is 0 Å². The Morgan fingerprint density at radius 2 is 1.93 bits per heavy atom. The molecule has 1 rings (SSSR count). The van der Waals surface area contributed by atoms with E-state index in [0.717, 1.165) is 39.0 Å². The number of nitrogens with one attached hydrogen (secondary N) is 1. The minimum Gasteiger partial charge on any atom is -0.480 e. The van der Waals surface area contributed by atoms with E-state index in [-0.39, 0.29) is 30.9 Å². The van der Waals surface area contributed by atoms with Gasteiger partial charge in [-0.15, -0.1) is 24.8 Å². The van der Waals surface area contributed by atoms with Gasteiger partial charge < -0.3 is 10.4 Å². The van der Waals surface area contributed by atoms with E-state index < -0.39 is 5.97 Å². The Hall–Kier alpha value is -0.0300. The first-order valence-electron chi connectivity index (χ1n) is 4.93. The van der Waals surface area contributed by atoms with Gasteiger partial charge >= 0.3 is 5.97 Å². The lowest BCUT2D eigenvalue weighted by atomic mass is 10.1. The van der Waals surface area contributed by atoms with Crippen LogP contribution in [0.1, 0.15) is 19.8 Å². The van der Waals surface area contributed by atoms with Crippen molar-refractivity contribution in [3.8, 4) is 0 Å². The van der Waals surface area contributed by atoms with E-state index in [1.54, 1.807) is 0 Å². The first-order chi connectivity index (χ1) is 6.25. The second-order valence-corrected chi connectivity index (χ2v) is 3.43. The molecule has 1 aliphatic rings. The zero-order valence-corrected chi connectivity index (χ0v) is 10.6. The van der Waals surface area contributed by atoms with Crippen LogP contribution in [-0.2, 0) is 4.79 Å². The molecule has 0 radical (unpaired) electrons. The van der Waals surface area contributed by atoms with Crippen molar-refractivity contribution in [2.45, 2.75) is 25.8 Å². The molecule has 0 aromatic carbocycles. The molecule has 1 fully saturated rings. The molecule has 0 aliphatic carbocycles. The monoisotopic (exact) mass is 258 g/mol. The fraction of sp³-hybridized carbons (Fsp3) is 0.889. The van der Waals surface area contributed by atoms with Crippen LogP contribution < -0.4 is 5.32 Å². The van der Waals surface area contributed by atoms with E-state index in [2.05, 4.69) is 10.2 Å². The quantitative estimate of drug-likeness (QED) is 0.790. The van der Waals surface area contributed by atoms with Crippen LogP contribution in [0.25, 0.3) is 0 Å². The SMILES string of the molecule is CCCC(C(=O)O)N1CCNCC1.Cl.Cl. The summed E-state index contributed by atoms with van der Waals surface area (Å²) in [6.45, 7) is 5.56. The van der Waals surface area contributed by atoms with Gasteiger partial charge in [0.25, 0.3) is 0 Å². The molecule has 0 aromatic heterocycles. The van der Waals surface area contributed by atoms with E-state index in [4.69, 9.17) is 5.11 Å². The average molecular weight is 259 g/mol. The number of piperazine rings is 1. The number of hydrogen-bond donors (Lipinski definition) is 2. The van der Waals surface area contributed by atoms with Gasteiger partial charge in [0.15, 0.2) is 0 Å². The predicted octanol–water partition coefficient (Wildman–Crippen LogP) is 0.989. The Balaban J connectivity index is 0.